The van der Waals surface area contributed by atoms with Crippen LogP contribution in [0.5, 0.6) is 11.6 Å². The molecule has 9 heteroatoms. The van der Waals surface area contributed by atoms with E-state index < -0.39 is 17.5 Å². The number of alkyl halides is 3. The second-order valence-corrected chi connectivity index (χ2v) is 6.92. The molecular weight excluding hydrogens is 375 g/mol. The van der Waals surface area contributed by atoms with E-state index in [4.69, 9.17) is 4.74 Å². The number of halogens is 3. The van der Waals surface area contributed by atoms with Crippen molar-refractivity contribution < 1.29 is 28.1 Å². The molecule has 148 valence electrons. The van der Waals surface area contributed by atoms with Crippen molar-refractivity contribution in [3.63, 3.8) is 0 Å². The van der Waals surface area contributed by atoms with Gasteiger partial charge in [0.25, 0.3) is 0 Å². The summed E-state index contributed by atoms with van der Waals surface area (Å²) in [6.07, 6.45) is -3.03. The normalized spacial score (nSPS) is 20.0. The minimum atomic E-state index is -4.54. The quantitative estimate of drug-likeness (QED) is 0.710. The monoisotopic (exact) mass is 393 g/mol. The van der Waals surface area contributed by atoms with Gasteiger partial charge < -0.3 is 19.5 Å². The first-order valence-corrected chi connectivity index (χ1v) is 8.81. The third kappa shape index (κ3) is 3.37. The van der Waals surface area contributed by atoms with E-state index in [2.05, 4.69) is 9.97 Å². The van der Waals surface area contributed by atoms with Crippen LogP contribution in [0.25, 0.3) is 22.6 Å². The zero-order valence-corrected chi connectivity index (χ0v) is 14.9. The third-order valence-corrected chi connectivity index (χ3v) is 4.93. The number of aliphatic hydroxyl groups excluding tert-OH is 1. The second-order valence-electron chi connectivity index (χ2n) is 6.92. The van der Waals surface area contributed by atoms with Crippen LogP contribution in [-0.4, -0.2) is 37.0 Å². The lowest BCUT2D eigenvalue weighted by molar-refractivity contribution is -0.137. The molecule has 1 saturated carbocycles. The Labute approximate surface area is 158 Å². The number of fused-ring (bicyclic) bond motifs is 1. The maximum absolute atomic E-state index is 12.8. The summed E-state index contributed by atoms with van der Waals surface area (Å²) in [5.41, 5.74) is 0.246. The predicted octanol–water partition coefficient (Wildman–Crippen LogP) is 3.65. The smallest absolute Gasteiger partial charge is 0.416 e. The van der Waals surface area contributed by atoms with E-state index in [1.54, 1.807) is 23.7 Å². The van der Waals surface area contributed by atoms with Gasteiger partial charge in [-0.1, -0.05) is 0 Å². The van der Waals surface area contributed by atoms with Crippen LogP contribution in [0.4, 0.5) is 13.2 Å². The summed E-state index contributed by atoms with van der Waals surface area (Å²) in [6, 6.07) is 6.21. The van der Waals surface area contributed by atoms with Crippen LogP contribution < -0.4 is 4.74 Å². The number of aromatic hydroxyl groups is 1. The molecule has 6 nitrogen and oxygen atoms in total. The molecule has 28 heavy (non-hydrogen) atoms. The SMILES string of the molecule is Cn1c(-c2ccc(C(F)(F)F)cc2O)nc2nc(O[C@@H]3CC[C@@H](O)C3)ccc21. The first-order chi connectivity index (χ1) is 13.2. The van der Waals surface area contributed by atoms with Crippen LogP contribution in [0.1, 0.15) is 24.8 Å². The summed E-state index contributed by atoms with van der Waals surface area (Å²) in [5.74, 6) is 0.153. The van der Waals surface area contributed by atoms with Crippen molar-refractivity contribution in [3.8, 4) is 23.0 Å². The number of phenolic OH excluding ortho intramolecular Hbond substituents is 1. The molecule has 0 amide bonds. The van der Waals surface area contributed by atoms with Crippen LogP contribution in [-0.2, 0) is 13.2 Å². The van der Waals surface area contributed by atoms with E-state index in [1.807, 2.05) is 0 Å². The number of aromatic nitrogens is 3. The minimum Gasteiger partial charge on any atom is -0.507 e. The topological polar surface area (TPSA) is 80.4 Å². The summed E-state index contributed by atoms with van der Waals surface area (Å²) in [4.78, 5) is 8.73. The number of hydrogen-bond donors (Lipinski definition) is 2. The minimum absolute atomic E-state index is 0.109. The highest BCUT2D eigenvalue weighted by Crippen LogP contribution is 2.37. The molecule has 2 heterocycles. The fourth-order valence-electron chi connectivity index (χ4n) is 3.46. The number of hydrogen-bond acceptors (Lipinski definition) is 5. The largest absolute Gasteiger partial charge is 0.507 e. The van der Waals surface area contributed by atoms with E-state index in [0.717, 1.165) is 12.5 Å². The first-order valence-electron chi connectivity index (χ1n) is 8.81. The van der Waals surface area contributed by atoms with Gasteiger partial charge in [-0.05, 0) is 37.1 Å². The molecule has 0 bridgehead atoms. The highest BCUT2D eigenvalue weighted by atomic mass is 19.4. The number of phenols is 1. The molecule has 0 spiro atoms. The number of benzene rings is 1. The lowest BCUT2D eigenvalue weighted by Gasteiger charge is -2.11. The number of aliphatic hydroxyl groups is 1. The Morgan fingerprint density at radius 2 is 1.93 bits per heavy atom. The number of imidazole rings is 1. The highest BCUT2D eigenvalue weighted by molar-refractivity contribution is 5.79. The van der Waals surface area contributed by atoms with E-state index in [-0.39, 0.29) is 17.8 Å². The lowest BCUT2D eigenvalue weighted by Crippen LogP contribution is -2.14. The zero-order valence-electron chi connectivity index (χ0n) is 14.9. The first kappa shape index (κ1) is 18.5. The zero-order chi connectivity index (χ0) is 20.1. The lowest BCUT2D eigenvalue weighted by atomic mass is 10.1. The standard InChI is InChI=1S/C19H18F3N3O3/c1-25-14-6-7-16(28-12-4-3-11(26)9-12)23-17(14)24-18(25)13-5-2-10(8-15(13)27)19(20,21)22/h2,5-8,11-12,26-27H,3-4,9H2,1H3/t11-,12-/m1/s1. The molecule has 3 aromatic rings. The van der Waals surface area contributed by atoms with Crippen molar-refractivity contribution in [2.75, 3.05) is 0 Å². The Hall–Kier alpha value is -2.81. The Kier molecular flexibility index (Phi) is 4.41. The van der Waals surface area contributed by atoms with E-state index in [1.165, 1.54) is 6.07 Å². The van der Waals surface area contributed by atoms with Crippen molar-refractivity contribution in [1.29, 1.82) is 0 Å². The van der Waals surface area contributed by atoms with Crippen LogP contribution in [0.2, 0.25) is 0 Å². The molecule has 1 aromatic carbocycles. The number of aryl methyl sites for hydroxylation is 1. The van der Waals surface area contributed by atoms with Crippen LogP contribution in [0, 0.1) is 0 Å². The van der Waals surface area contributed by atoms with Gasteiger partial charge in [-0.2, -0.15) is 18.2 Å². The maximum atomic E-state index is 12.8. The fourth-order valence-corrected chi connectivity index (χ4v) is 3.46. The Bertz CT molecular complexity index is 1030. The Morgan fingerprint density at radius 3 is 2.57 bits per heavy atom. The van der Waals surface area contributed by atoms with Gasteiger partial charge in [-0.3, -0.25) is 0 Å². The predicted molar refractivity (Wildman–Crippen MR) is 94.9 cm³/mol. The average molecular weight is 393 g/mol. The highest BCUT2D eigenvalue weighted by Gasteiger charge is 2.31. The molecule has 1 aliphatic carbocycles. The van der Waals surface area contributed by atoms with E-state index >= 15 is 0 Å². The van der Waals surface area contributed by atoms with Gasteiger partial charge in [-0.25, -0.2) is 4.98 Å². The number of ether oxygens (including phenoxy) is 1. The average Bonchev–Trinajstić information content (AvgIpc) is 3.17. The Morgan fingerprint density at radius 1 is 1.14 bits per heavy atom. The van der Waals surface area contributed by atoms with Crippen LogP contribution in [0.3, 0.4) is 0 Å². The molecule has 0 saturated heterocycles. The molecular formula is C19H18F3N3O3. The summed E-state index contributed by atoms with van der Waals surface area (Å²) >= 11 is 0. The van der Waals surface area contributed by atoms with Crippen molar-refractivity contribution in [2.24, 2.45) is 7.05 Å². The molecule has 2 aromatic heterocycles. The molecule has 4 rings (SSSR count). The van der Waals surface area contributed by atoms with Crippen LogP contribution >= 0.6 is 0 Å². The van der Waals surface area contributed by atoms with Crippen molar-refractivity contribution in [3.05, 3.63) is 35.9 Å². The Balaban J connectivity index is 1.68. The molecule has 2 N–H and O–H groups in total. The van der Waals surface area contributed by atoms with Gasteiger partial charge in [0, 0.05) is 19.5 Å². The van der Waals surface area contributed by atoms with Crippen molar-refractivity contribution in [2.45, 2.75) is 37.6 Å². The number of rotatable bonds is 3. The van der Waals surface area contributed by atoms with Gasteiger partial charge in [0.05, 0.1) is 22.7 Å². The van der Waals surface area contributed by atoms with Crippen molar-refractivity contribution >= 4 is 11.2 Å². The van der Waals surface area contributed by atoms with Gasteiger partial charge in [0.15, 0.2) is 5.65 Å². The van der Waals surface area contributed by atoms with Crippen molar-refractivity contribution in [1.82, 2.24) is 14.5 Å². The molecule has 1 fully saturated rings. The molecule has 0 radical (unpaired) electrons. The van der Waals surface area contributed by atoms with Gasteiger partial charge in [0.1, 0.15) is 17.7 Å². The summed E-state index contributed by atoms with van der Waals surface area (Å²) in [6.45, 7) is 0. The summed E-state index contributed by atoms with van der Waals surface area (Å²) in [7, 11) is 1.69. The van der Waals surface area contributed by atoms with Crippen LogP contribution in [0.15, 0.2) is 30.3 Å². The van der Waals surface area contributed by atoms with E-state index in [0.29, 0.717) is 41.8 Å². The fraction of sp³-hybridized carbons (Fsp3) is 0.368. The van der Waals surface area contributed by atoms with Gasteiger partial charge in [0.2, 0.25) is 5.88 Å². The van der Waals surface area contributed by atoms with E-state index in [9.17, 15) is 23.4 Å². The number of nitrogens with zero attached hydrogens (tertiary/aromatic N) is 3. The van der Waals surface area contributed by atoms with Gasteiger partial charge >= 0.3 is 6.18 Å². The molecule has 1 aliphatic rings. The summed E-state index contributed by atoms with van der Waals surface area (Å²) < 4.78 is 45.9. The summed E-state index contributed by atoms with van der Waals surface area (Å²) in [5, 5.41) is 19.7. The molecule has 0 unspecified atom stereocenters. The molecule has 2 atom stereocenters. The number of pyridine rings is 1. The maximum Gasteiger partial charge on any atom is 0.416 e. The second kappa shape index (κ2) is 6.66. The third-order valence-electron chi connectivity index (χ3n) is 4.93. The van der Waals surface area contributed by atoms with Gasteiger partial charge in [-0.15, -0.1) is 0 Å². The molecule has 0 aliphatic heterocycles.